The van der Waals surface area contributed by atoms with Crippen LogP contribution in [0.5, 0.6) is 11.5 Å². The molecule has 2 aromatic rings. The van der Waals surface area contributed by atoms with E-state index >= 15 is 0 Å². The van der Waals surface area contributed by atoms with Gasteiger partial charge in [0.15, 0.2) is 23.9 Å². The van der Waals surface area contributed by atoms with Gasteiger partial charge in [0.25, 0.3) is 5.69 Å². The maximum absolute atomic E-state index is 12.0. The van der Waals surface area contributed by atoms with Crippen molar-refractivity contribution >= 4 is 11.5 Å². The average Bonchev–Trinajstić information content (AvgIpc) is 2.52. The van der Waals surface area contributed by atoms with Gasteiger partial charge in [-0.15, -0.1) is 0 Å². The number of methoxy groups -OCH3 is 1. The lowest BCUT2D eigenvalue weighted by Gasteiger charge is -2.10. The van der Waals surface area contributed by atoms with Crippen LogP contribution in [0.3, 0.4) is 0 Å². The van der Waals surface area contributed by atoms with Gasteiger partial charge >= 0.3 is 0 Å². The van der Waals surface area contributed by atoms with Gasteiger partial charge in [0.05, 0.1) is 18.1 Å². The molecule has 0 aliphatic heterocycles. The van der Waals surface area contributed by atoms with Crippen molar-refractivity contribution in [2.45, 2.75) is 6.92 Å². The van der Waals surface area contributed by atoms with Crippen LogP contribution in [0.2, 0.25) is 0 Å². The van der Waals surface area contributed by atoms with E-state index in [9.17, 15) is 14.9 Å². The monoisotopic (exact) mass is 301 g/mol. The molecule has 0 spiro atoms. The second kappa shape index (κ2) is 6.71. The fourth-order valence-corrected chi connectivity index (χ4v) is 1.86. The van der Waals surface area contributed by atoms with E-state index < -0.39 is 4.92 Å². The molecule has 0 saturated carbocycles. The molecule has 6 nitrogen and oxygen atoms in total. The quantitative estimate of drug-likeness (QED) is 0.465. The Morgan fingerprint density at radius 3 is 2.41 bits per heavy atom. The summed E-state index contributed by atoms with van der Waals surface area (Å²) in [4.78, 5) is 22.3. The van der Waals surface area contributed by atoms with Gasteiger partial charge in [-0.05, 0) is 13.0 Å². The predicted molar refractivity (Wildman–Crippen MR) is 80.7 cm³/mol. The van der Waals surface area contributed by atoms with Gasteiger partial charge in [-0.2, -0.15) is 0 Å². The van der Waals surface area contributed by atoms with Crippen molar-refractivity contribution in [1.29, 1.82) is 0 Å². The number of nitro benzene ring substituents is 1. The van der Waals surface area contributed by atoms with Crippen molar-refractivity contribution in [2.75, 3.05) is 13.7 Å². The average molecular weight is 301 g/mol. The van der Waals surface area contributed by atoms with E-state index in [4.69, 9.17) is 9.47 Å². The Hall–Kier alpha value is -2.89. The maximum Gasteiger partial charge on any atom is 0.273 e. The molecule has 22 heavy (non-hydrogen) atoms. The molecule has 2 rings (SSSR count). The number of benzene rings is 2. The number of nitrogens with zero attached hydrogens (tertiary/aromatic N) is 1. The van der Waals surface area contributed by atoms with Crippen LogP contribution in [0.4, 0.5) is 5.69 Å². The summed E-state index contributed by atoms with van der Waals surface area (Å²) < 4.78 is 10.5. The highest BCUT2D eigenvalue weighted by Gasteiger charge is 2.14. The van der Waals surface area contributed by atoms with Gasteiger partial charge in [-0.1, -0.05) is 29.8 Å². The highest BCUT2D eigenvalue weighted by Crippen LogP contribution is 2.31. The normalized spacial score (nSPS) is 10.1. The second-order valence-electron chi connectivity index (χ2n) is 4.67. The standard InChI is InChI=1S/C16H15NO5/c1-11-3-5-12(6-4-11)14(18)10-22-16-9-13(17(19)20)7-8-15(16)21-2/h3-9H,10H2,1-2H3. The molecular weight excluding hydrogens is 286 g/mol. The number of nitro groups is 1. The number of hydrogen-bond donors (Lipinski definition) is 0. The van der Waals surface area contributed by atoms with Gasteiger partial charge in [0, 0.05) is 11.6 Å². The van der Waals surface area contributed by atoms with Gasteiger partial charge in [-0.25, -0.2) is 0 Å². The van der Waals surface area contributed by atoms with Crippen LogP contribution in [0.1, 0.15) is 15.9 Å². The third kappa shape index (κ3) is 3.60. The molecule has 0 N–H and O–H groups in total. The molecule has 0 aliphatic carbocycles. The zero-order valence-corrected chi connectivity index (χ0v) is 12.2. The van der Waals surface area contributed by atoms with E-state index in [1.54, 1.807) is 12.1 Å². The molecule has 0 atom stereocenters. The Labute approximate surface area is 127 Å². The van der Waals surface area contributed by atoms with E-state index in [1.807, 2.05) is 19.1 Å². The van der Waals surface area contributed by atoms with Crippen molar-refractivity contribution in [3.8, 4) is 11.5 Å². The Morgan fingerprint density at radius 2 is 1.82 bits per heavy atom. The number of Topliss-reactive ketones (excluding diaryl/α,β-unsaturated/α-hetero) is 1. The molecule has 0 bridgehead atoms. The lowest BCUT2D eigenvalue weighted by atomic mass is 10.1. The second-order valence-corrected chi connectivity index (χ2v) is 4.67. The Bertz CT molecular complexity index is 694. The first-order valence-electron chi connectivity index (χ1n) is 6.56. The minimum Gasteiger partial charge on any atom is -0.493 e. The molecule has 0 aliphatic rings. The summed E-state index contributed by atoms with van der Waals surface area (Å²) in [6, 6.07) is 11.1. The van der Waals surface area contributed by atoms with Crippen LogP contribution in [-0.4, -0.2) is 24.4 Å². The minimum atomic E-state index is -0.534. The zero-order valence-electron chi connectivity index (χ0n) is 12.2. The number of carbonyl (C=O) groups excluding carboxylic acids is 1. The molecule has 0 radical (unpaired) electrons. The van der Waals surface area contributed by atoms with Crippen LogP contribution in [0.15, 0.2) is 42.5 Å². The van der Waals surface area contributed by atoms with Crippen molar-refractivity contribution in [1.82, 2.24) is 0 Å². The fraction of sp³-hybridized carbons (Fsp3) is 0.188. The number of ether oxygens (including phenoxy) is 2. The number of aryl methyl sites for hydroxylation is 1. The summed E-state index contributed by atoms with van der Waals surface area (Å²) in [7, 11) is 1.43. The Morgan fingerprint density at radius 1 is 1.14 bits per heavy atom. The SMILES string of the molecule is COc1ccc([N+](=O)[O-])cc1OCC(=O)c1ccc(C)cc1. The molecule has 0 aromatic heterocycles. The van der Waals surface area contributed by atoms with E-state index in [1.165, 1.54) is 25.3 Å². The van der Waals surface area contributed by atoms with Crippen molar-refractivity contribution in [2.24, 2.45) is 0 Å². The number of non-ortho nitro benzene ring substituents is 1. The number of ketones is 1. The smallest absolute Gasteiger partial charge is 0.273 e. The number of hydrogen-bond acceptors (Lipinski definition) is 5. The topological polar surface area (TPSA) is 78.7 Å². The van der Waals surface area contributed by atoms with Gasteiger partial charge in [-0.3, -0.25) is 14.9 Å². The fourth-order valence-electron chi connectivity index (χ4n) is 1.86. The van der Waals surface area contributed by atoms with E-state index in [2.05, 4.69) is 0 Å². The van der Waals surface area contributed by atoms with Crippen molar-refractivity contribution in [3.63, 3.8) is 0 Å². The molecule has 0 heterocycles. The molecule has 0 saturated heterocycles. The summed E-state index contributed by atoms with van der Waals surface area (Å²) in [6.45, 7) is 1.71. The zero-order chi connectivity index (χ0) is 16.1. The van der Waals surface area contributed by atoms with Crippen LogP contribution >= 0.6 is 0 Å². The molecule has 6 heteroatoms. The summed E-state index contributed by atoms with van der Waals surface area (Å²) in [5, 5.41) is 10.8. The molecule has 0 unspecified atom stereocenters. The van der Waals surface area contributed by atoms with Crippen LogP contribution < -0.4 is 9.47 Å². The van der Waals surface area contributed by atoms with Crippen LogP contribution in [0, 0.1) is 17.0 Å². The van der Waals surface area contributed by atoms with E-state index in [0.29, 0.717) is 11.3 Å². The number of rotatable bonds is 6. The summed E-state index contributed by atoms with van der Waals surface area (Å²) in [6.07, 6.45) is 0. The Kier molecular flexibility index (Phi) is 4.73. The van der Waals surface area contributed by atoms with E-state index in [0.717, 1.165) is 5.56 Å². The van der Waals surface area contributed by atoms with Gasteiger partial charge in [0.1, 0.15) is 0 Å². The van der Waals surface area contributed by atoms with Crippen LogP contribution in [-0.2, 0) is 0 Å². The lowest BCUT2D eigenvalue weighted by molar-refractivity contribution is -0.385. The first-order chi connectivity index (χ1) is 10.5. The summed E-state index contributed by atoms with van der Waals surface area (Å²) in [5.41, 5.74) is 1.45. The highest BCUT2D eigenvalue weighted by atomic mass is 16.6. The first kappa shape index (κ1) is 15.5. The molecule has 0 fully saturated rings. The van der Waals surface area contributed by atoms with Gasteiger partial charge < -0.3 is 9.47 Å². The third-order valence-corrected chi connectivity index (χ3v) is 3.09. The maximum atomic E-state index is 12.0. The lowest BCUT2D eigenvalue weighted by Crippen LogP contribution is -2.12. The highest BCUT2D eigenvalue weighted by molar-refractivity contribution is 5.97. The molecular formula is C16H15NO5. The minimum absolute atomic E-state index is 0.126. The largest absolute Gasteiger partial charge is 0.493 e. The third-order valence-electron chi connectivity index (χ3n) is 3.09. The van der Waals surface area contributed by atoms with Gasteiger partial charge in [0.2, 0.25) is 0 Å². The Balaban J connectivity index is 2.13. The molecule has 114 valence electrons. The number of carbonyl (C=O) groups is 1. The molecule has 0 amide bonds. The summed E-state index contributed by atoms with van der Waals surface area (Å²) in [5.74, 6) is 0.285. The van der Waals surface area contributed by atoms with Crippen molar-refractivity contribution < 1.29 is 19.2 Å². The predicted octanol–water partition coefficient (Wildman–Crippen LogP) is 3.17. The van der Waals surface area contributed by atoms with E-state index in [-0.39, 0.29) is 23.8 Å². The van der Waals surface area contributed by atoms with Crippen molar-refractivity contribution in [3.05, 3.63) is 63.7 Å². The first-order valence-corrected chi connectivity index (χ1v) is 6.56. The van der Waals surface area contributed by atoms with Crippen LogP contribution in [0.25, 0.3) is 0 Å². The summed E-state index contributed by atoms with van der Waals surface area (Å²) >= 11 is 0. The molecule has 2 aromatic carbocycles.